The van der Waals surface area contributed by atoms with Crippen LogP contribution in [0.1, 0.15) is 51.4 Å². The lowest BCUT2D eigenvalue weighted by Gasteiger charge is -2.47. The topological polar surface area (TPSA) is 286 Å². The van der Waals surface area contributed by atoms with E-state index >= 15 is 0 Å². The number of hydrogen-bond donors (Lipinski definition) is 6. The van der Waals surface area contributed by atoms with Gasteiger partial charge in [0.1, 0.15) is 0 Å². The summed E-state index contributed by atoms with van der Waals surface area (Å²) in [6, 6.07) is 0. The summed E-state index contributed by atoms with van der Waals surface area (Å²) in [4.78, 5) is 103. The quantitative estimate of drug-likeness (QED) is 0.0588. The van der Waals surface area contributed by atoms with Gasteiger partial charge in [0.25, 0.3) is 0 Å². The van der Waals surface area contributed by atoms with Gasteiger partial charge in [0, 0.05) is 0 Å². The second-order valence-electron chi connectivity index (χ2n) is 23.6. The van der Waals surface area contributed by atoms with Gasteiger partial charge in [0.15, 0.2) is 33.3 Å². The maximum absolute atomic E-state index is 14.0. The molecule has 0 aromatic heterocycles. The standard InChI is InChI=1S/C44H66O17Si4/c1-62(2,25-13-17-9-21(25)33(39(49)50)29(17)37(45)46)60-64(5,6)27-15-19-11-23(27)35(41(53)54)31(19)43(57)59-44(58)32-20-12-24(36(32)42(55)56)28(16-20)65(7,8)61-63(3,4)26-14-18-10-22(26)34(40(51)52)30(18)38(47)48/h17-36H,9-16H2,1-8H3,(H,45,46)(H,47,48)(H,49,50)(H,51,52)(H,53,54)(H,55,56). The minimum atomic E-state index is -2.74. The van der Waals surface area contributed by atoms with Gasteiger partial charge in [-0.25, -0.2) is 0 Å². The van der Waals surface area contributed by atoms with Crippen LogP contribution in [0.25, 0.3) is 0 Å². The highest BCUT2D eigenvalue weighted by molar-refractivity contribution is 6.87. The van der Waals surface area contributed by atoms with Crippen molar-refractivity contribution >= 4 is 81.0 Å². The average molecular weight is 979 g/mol. The maximum Gasteiger partial charge on any atom is 0.317 e. The first-order chi connectivity index (χ1) is 30.0. The lowest BCUT2D eigenvalue weighted by atomic mass is 9.78. The van der Waals surface area contributed by atoms with Gasteiger partial charge in [-0.2, -0.15) is 0 Å². The number of aliphatic carboxylic acids is 6. The average Bonchev–Trinajstić information content (AvgIpc) is 4.04. The Bertz CT molecular complexity index is 1930. The summed E-state index contributed by atoms with van der Waals surface area (Å²) < 4.78 is 19.8. The van der Waals surface area contributed by atoms with Gasteiger partial charge < -0.3 is 43.6 Å². The van der Waals surface area contributed by atoms with Crippen LogP contribution in [0.15, 0.2) is 0 Å². The molecule has 0 aromatic carbocycles. The van der Waals surface area contributed by atoms with Crippen molar-refractivity contribution < 1.29 is 82.0 Å². The largest absolute Gasteiger partial charge is 0.481 e. The molecule has 20 unspecified atom stereocenters. The molecule has 0 heterocycles. The van der Waals surface area contributed by atoms with Crippen LogP contribution in [-0.2, 0) is 51.3 Å². The summed E-state index contributed by atoms with van der Waals surface area (Å²) in [5.74, 6) is -19.6. The smallest absolute Gasteiger partial charge is 0.317 e. The summed E-state index contributed by atoms with van der Waals surface area (Å²) in [7, 11) is -10.8. The van der Waals surface area contributed by atoms with Crippen LogP contribution in [0, 0.1) is 94.7 Å². The Morgan fingerprint density at radius 3 is 0.738 bits per heavy atom. The van der Waals surface area contributed by atoms with Crippen molar-refractivity contribution in [3.05, 3.63) is 0 Å². The maximum atomic E-state index is 14.0. The molecule has 8 bridgehead atoms. The van der Waals surface area contributed by atoms with Crippen LogP contribution < -0.4 is 0 Å². The van der Waals surface area contributed by atoms with E-state index in [1.807, 2.05) is 52.4 Å². The van der Waals surface area contributed by atoms with E-state index in [0.29, 0.717) is 51.4 Å². The first-order valence-electron chi connectivity index (χ1n) is 23.5. The van der Waals surface area contributed by atoms with Gasteiger partial charge in [-0.05, 0) is 173 Å². The fourth-order valence-electron chi connectivity index (χ4n) is 17.3. The van der Waals surface area contributed by atoms with E-state index in [9.17, 15) is 69.0 Å². The summed E-state index contributed by atoms with van der Waals surface area (Å²) in [5, 5.41) is 61.0. The lowest BCUT2D eigenvalue weighted by molar-refractivity contribution is -0.175. The fourth-order valence-corrected chi connectivity index (χ4v) is 39.5. The van der Waals surface area contributed by atoms with E-state index in [2.05, 4.69) is 0 Å². The molecule has 8 aliphatic rings. The molecule has 0 aromatic rings. The molecule has 360 valence electrons. The zero-order chi connectivity index (χ0) is 47.9. The van der Waals surface area contributed by atoms with Crippen LogP contribution in [0.3, 0.4) is 0 Å². The predicted octanol–water partition coefficient (Wildman–Crippen LogP) is 5.99. The third kappa shape index (κ3) is 7.72. The number of carbonyl (C=O) groups is 8. The number of carbonyl (C=O) groups excluding carboxylic acids is 2. The third-order valence-electron chi connectivity index (χ3n) is 19.1. The summed E-state index contributed by atoms with van der Waals surface area (Å²) in [6.07, 6.45) is 4.07. The normalized spacial score (nSPS) is 42.6. The molecule has 8 aliphatic carbocycles. The Labute approximate surface area is 382 Å². The van der Waals surface area contributed by atoms with Crippen LogP contribution in [0.2, 0.25) is 74.5 Å². The fraction of sp³-hybridized carbons (Fsp3) is 0.818. The van der Waals surface area contributed by atoms with Gasteiger partial charge in [0.2, 0.25) is 0 Å². The van der Waals surface area contributed by atoms with E-state index in [1.165, 1.54) is 0 Å². The molecule has 6 N–H and O–H groups in total. The van der Waals surface area contributed by atoms with Crippen molar-refractivity contribution in [1.29, 1.82) is 0 Å². The van der Waals surface area contributed by atoms with Crippen molar-refractivity contribution in [1.82, 2.24) is 0 Å². The van der Waals surface area contributed by atoms with Gasteiger partial charge in [0.05, 0.1) is 47.3 Å². The van der Waals surface area contributed by atoms with Gasteiger partial charge in [-0.15, -0.1) is 0 Å². The molecule has 0 aliphatic heterocycles. The van der Waals surface area contributed by atoms with Gasteiger partial charge in [-0.3, -0.25) is 38.4 Å². The van der Waals surface area contributed by atoms with Crippen LogP contribution >= 0.6 is 0 Å². The Balaban J connectivity index is 0.915. The molecule has 0 radical (unpaired) electrons. The monoisotopic (exact) mass is 978 g/mol. The molecule has 0 spiro atoms. The van der Waals surface area contributed by atoms with E-state index in [1.54, 1.807) is 0 Å². The lowest BCUT2D eigenvalue weighted by Crippen LogP contribution is -2.55. The first-order valence-corrected chi connectivity index (χ1v) is 35.5. The van der Waals surface area contributed by atoms with Gasteiger partial charge in [-0.1, -0.05) is 0 Å². The van der Waals surface area contributed by atoms with Crippen molar-refractivity contribution in [2.24, 2.45) is 94.7 Å². The molecule has 0 amide bonds. The van der Waals surface area contributed by atoms with Crippen LogP contribution in [0.5, 0.6) is 0 Å². The Morgan fingerprint density at radius 1 is 0.323 bits per heavy atom. The Kier molecular flexibility index (Phi) is 12.0. The predicted molar refractivity (Wildman–Crippen MR) is 237 cm³/mol. The molecule has 65 heavy (non-hydrogen) atoms. The van der Waals surface area contributed by atoms with E-state index in [-0.39, 0.29) is 45.8 Å². The highest BCUT2D eigenvalue weighted by Crippen LogP contribution is 2.67. The number of carboxylic acids is 6. The number of fused-ring (bicyclic) bond motifs is 8. The van der Waals surface area contributed by atoms with E-state index in [0.717, 1.165) is 0 Å². The molecular weight excluding hydrogens is 913 g/mol. The number of ether oxygens (including phenoxy) is 1. The number of esters is 2. The molecular formula is C44H66O17Si4. The number of rotatable bonds is 16. The van der Waals surface area contributed by atoms with E-state index in [4.69, 9.17) is 13.0 Å². The minimum Gasteiger partial charge on any atom is -0.481 e. The molecule has 0 saturated heterocycles. The van der Waals surface area contributed by atoms with Gasteiger partial charge >= 0.3 is 47.8 Å². The summed E-state index contributed by atoms with van der Waals surface area (Å²) in [6.45, 7) is 16.4. The Hall–Kier alpha value is -3.25. The minimum absolute atomic E-state index is 0.0696. The second-order valence-corrected chi connectivity index (χ2v) is 41.0. The van der Waals surface area contributed by atoms with Crippen molar-refractivity contribution in [3.63, 3.8) is 0 Å². The zero-order valence-electron chi connectivity index (χ0n) is 38.4. The molecule has 8 saturated carbocycles. The highest BCUT2D eigenvalue weighted by atomic mass is 28.4. The van der Waals surface area contributed by atoms with E-state index < -0.39 is 152 Å². The number of carboxylic acid groups (broad SMARTS) is 6. The third-order valence-corrected chi connectivity index (χ3v) is 37.3. The Morgan fingerprint density at radius 2 is 0.523 bits per heavy atom. The molecule has 8 fully saturated rings. The summed E-state index contributed by atoms with van der Waals surface area (Å²) in [5.41, 5.74) is -0.433. The molecule has 20 atom stereocenters. The molecule has 21 heteroatoms. The van der Waals surface area contributed by atoms with Crippen molar-refractivity contribution in [3.8, 4) is 0 Å². The molecule has 8 rings (SSSR count). The van der Waals surface area contributed by atoms with Crippen LogP contribution in [0.4, 0.5) is 0 Å². The summed E-state index contributed by atoms with van der Waals surface area (Å²) >= 11 is 0. The zero-order valence-corrected chi connectivity index (χ0v) is 42.4. The first kappa shape index (κ1) is 48.2. The SMILES string of the molecule is C[Si](C)(O[Si](C)(C)C1CC2CC1C(C(=O)O)C2C(=O)OC(=O)C1C2CC(C1C(=O)O)C([Si](C)(C)O[Si](C)(C)C1CC3CC1C(C(=O)O)C3C(=O)O)C2)C1CC2CC1C(C(=O)O)C2C(=O)O. The number of hydrogen-bond acceptors (Lipinski definition) is 11. The van der Waals surface area contributed by atoms with Crippen molar-refractivity contribution in [2.75, 3.05) is 0 Å². The van der Waals surface area contributed by atoms with Crippen LogP contribution in [-0.4, -0.2) is 112 Å². The van der Waals surface area contributed by atoms with Crippen molar-refractivity contribution in [2.45, 2.75) is 126 Å². The highest BCUT2D eigenvalue weighted by Gasteiger charge is 2.68. The molecule has 17 nitrogen and oxygen atoms in total. The second kappa shape index (κ2) is 16.2.